The maximum atomic E-state index is 13.5. The number of aromatic amines is 1. The fraction of sp³-hybridized carbons (Fsp3) is 0.267. The third kappa shape index (κ3) is 5.90. The van der Waals surface area contributed by atoms with E-state index in [1.165, 1.54) is 0 Å². The van der Waals surface area contributed by atoms with Crippen LogP contribution in [0.4, 0.5) is 0 Å². The second kappa shape index (κ2) is 11.4. The summed E-state index contributed by atoms with van der Waals surface area (Å²) in [7, 11) is 0. The smallest absolute Gasteiger partial charge is 0.247 e. The molecule has 37 heavy (non-hydrogen) atoms. The van der Waals surface area contributed by atoms with E-state index in [2.05, 4.69) is 27.0 Å². The first-order valence-electron chi connectivity index (χ1n) is 12.8. The van der Waals surface area contributed by atoms with Crippen LogP contribution in [-0.2, 0) is 22.4 Å². The molecule has 5 rings (SSSR count). The van der Waals surface area contributed by atoms with Gasteiger partial charge in [0.25, 0.3) is 0 Å². The van der Waals surface area contributed by atoms with Crippen molar-refractivity contribution in [3.05, 3.63) is 95.7 Å². The van der Waals surface area contributed by atoms with Gasteiger partial charge in [-0.2, -0.15) is 0 Å². The number of aliphatic hydroxyl groups is 1. The summed E-state index contributed by atoms with van der Waals surface area (Å²) < 4.78 is 0. The highest BCUT2D eigenvalue weighted by Gasteiger charge is 2.26. The molecule has 5 N–H and O–H groups in total. The molecule has 190 valence electrons. The van der Waals surface area contributed by atoms with Crippen molar-refractivity contribution in [3.63, 3.8) is 0 Å². The molecular weight excluding hydrogens is 464 g/mol. The molecule has 0 fully saturated rings. The lowest BCUT2D eigenvalue weighted by atomic mass is 9.99. The summed E-state index contributed by atoms with van der Waals surface area (Å²) >= 11 is 0. The molecule has 2 atom stereocenters. The highest BCUT2D eigenvalue weighted by molar-refractivity contribution is 5.97. The molecule has 1 aliphatic rings. The van der Waals surface area contributed by atoms with Crippen LogP contribution in [0.15, 0.2) is 84.6 Å². The van der Waals surface area contributed by atoms with Gasteiger partial charge in [-0.25, -0.2) is 0 Å². The standard InChI is InChI=1S/C30H32N4O3/c35-19-25(17-24-18-32-27-8-4-3-7-26(24)27)33-30(37)28(34-29(36)22-11-13-31-14-12-22)16-20-9-10-21-5-1-2-6-23(21)15-20/h1-11,15,18,25,28,31-32,35H,12-14,16-17,19H2,(H,33,37)(H,34,36)/t25-,28-/m1/s1. The molecule has 7 heteroatoms. The Balaban J connectivity index is 1.34. The summed E-state index contributed by atoms with van der Waals surface area (Å²) in [6.07, 6.45) is 5.23. The average Bonchev–Trinajstić information content (AvgIpc) is 3.35. The van der Waals surface area contributed by atoms with Crippen molar-refractivity contribution < 1.29 is 14.7 Å². The lowest BCUT2D eigenvalue weighted by Gasteiger charge is -2.24. The minimum absolute atomic E-state index is 0.210. The van der Waals surface area contributed by atoms with Crippen molar-refractivity contribution in [2.24, 2.45) is 0 Å². The van der Waals surface area contributed by atoms with Gasteiger partial charge in [0.05, 0.1) is 12.6 Å². The van der Waals surface area contributed by atoms with E-state index in [1.807, 2.05) is 72.9 Å². The zero-order valence-corrected chi connectivity index (χ0v) is 20.7. The summed E-state index contributed by atoms with van der Waals surface area (Å²) in [6.45, 7) is 1.16. The van der Waals surface area contributed by atoms with Gasteiger partial charge in [-0.1, -0.05) is 66.7 Å². The first-order valence-corrected chi connectivity index (χ1v) is 12.8. The number of aromatic nitrogens is 1. The third-order valence-corrected chi connectivity index (χ3v) is 6.94. The van der Waals surface area contributed by atoms with E-state index in [4.69, 9.17) is 0 Å². The highest BCUT2D eigenvalue weighted by Crippen LogP contribution is 2.20. The van der Waals surface area contributed by atoms with Gasteiger partial charge in [0.15, 0.2) is 0 Å². The van der Waals surface area contributed by atoms with Crippen LogP contribution in [0, 0.1) is 0 Å². The fourth-order valence-corrected chi connectivity index (χ4v) is 4.92. The van der Waals surface area contributed by atoms with Crippen LogP contribution in [0.1, 0.15) is 17.5 Å². The Morgan fingerprint density at radius 3 is 2.57 bits per heavy atom. The molecule has 0 aliphatic carbocycles. The summed E-state index contributed by atoms with van der Waals surface area (Å²) in [4.78, 5) is 29.8. The second-order valence-electron chi connectivity index (χ2n) is 9.55. The minimum atomic E-state index is -0.776. The van der Waals surface area contributed by atoms with Crippen molar-refractivity contribution in [2.75, 3.05) is 19.7 Å². The van der Waals surface area contributed by atoms with E-state index in [-0.39, 0.29) is 18.4 Å². The number of nitrogens with one attached hydrogen (secondary N) is 4. The van der Waals surface area contributed by atoms with Crippen LogP contribution in [0.3, 0.4) is 0 Å². The molecule has 0 unspecified atom stereocenters. The number of para-hydroxylation sites is 1. The summed E-state index contributed by atoms with van der Waals surface area (Å²) in [5.74, 6) is -0.533. The minimum Gasteiger partial charge on any atom is -0.394 e. The van der Waals surface area contributed by atoms with Crippen molar-refractivity contribution in [3.8, 4) is 0 Å². The van der Waals surface area contributed by atoms with E-state index in [1.54, 1.807) is 0 Å². The Morgan fingerprint density at radius 2 is 1.76 bits per heavy atom. The quantitative estimate of drug-likeness (QED) is 0.246. The van der Waals surface area contributed by atoms with Gasteiger partial charge in [0.2, 0.25) is 11.8 Å². The molecule has 0 spiro atoms. The number of carbonyl (C=O) groups excluding carboxylic acids is 2. The molecule has 0 radical (unpaired) electrons. The van der Waals surface area contributed by atoms with Crippen molar-refractivity contribution in [2.45, 2.75) is 31.3 Å². The Bertz CT molecular complexity index is 1440. The average molecular weight is 497 g/mol. The van der Waals surface area contributed by atoms with Gasteiger partial charge in [0, 0.05) is 35.6 Å². The molecule has 0 bridgehead atoms. The van der Waals surface area contributed by atoms with Crippen molar-refractivity contribution >= 4 is 33.5 Å². The molecule has 7 nitrogen and oxygen atoms in total. The summed E-state index contributed by atoms with van der Waals surface area (Å²) in [5.41, 5.74) is 3.67. The number of hydrogen-bond donors (Lipinski definition) is 5. The topological polar surface area (TPSA) is 106 Å². The van der Waals surface area contributed by atoms with Crippen LogP contribution >= 0.6 is 0 Å². The zero-order valence-electron chi connectivity index (χ0n) is 20.7. The molecule has 0 saturated heterocycles. The lowest BCUT2D eigenvalue weighted by Crippen LogP contribution is -2.52. The Kier molecular flexibility index (Phi) is 7.63. The number of fused-ring (bicyclic) bond motifs is 2. The van der Waals surface area contributed by atoms with Crippen molar-refractivity contribution in [1.82, 2.24) is 20.9 Å². The van der Waals surface area contributed by atoms with E-state index in [0.717, 1.165) is 39.3 Å². The summed E-state index contributed by atoms with van der Waals surface area (Å²) in [6, 6.07) is 20.8. The Hall–Kier alpha value is -3.94. The van der Waals surface area contributed by atoms with E-state index in [9.17, 15) is 14.7 Å². The SMILES string of the molecule is O=C(N[C@H](Cc1ccc2ccccc2c1)C(=O)N[C@@H](CO)Cc1c[nH]c2ccccc12)C1=CCNCC1. The number of benzene rings is 3. The van der Waals surface area contributed by atoms with Crippen LogP contribution in [0.2, 0.25) is 0 Å². The number of amides is 2. The monoisotopic (exact) mass is 496 g/mol. The van der Waals surface area contributed by atoms with Gasteiger partial charge in [-0.15, -0.1) is 0 Å². The molecular formula is C30H32N4O3. The van der Waals surface area contributed by atoms with Crippen LogP contribution in [0.25, 0.3) is 21.7 Å². The predicted octanol–water partition coefficient (Wildman–Crippen LogP) is 2.99. The molecule has 1 aliphatic heterocycles. The number of carbonyl (C=O) groups is 2. The predicted molar refractivity (Wildman–Crippen MR) is 146 cm³/mol. The molecule has 1 aromatic heterocycles. The maximum absolute atomic E-state index is 13.5. The van der Waals surface area contributed by atoms with Crippen LogP contribution < -0.4 is 16.0 Å². The number of hydrogen-bond acceptors (Lipinski definition) is 4. The van der Waals surface area contributed by atoms with Crippen molar-refractivity contribution in [1.29, 1.82) is 0 Å². The Morgan fingerprint density at radius 1 is 0.946 bits per heavy atom. The first-order chi connectivity index (χ1) is 18.1. The van der Waals surface area contributed by atoms with Gasteiger partial charge >= 0.3 is 0 Å². The fourth-order valence-electron chi connectivity index (χ4n) is 4.92. The molecule has 3 aromatic carbocycles. The lowest BCUT2D eigenvalue weighted by molar-refractivity contribution is -0.128. The van der Waals surface area contributed by atoms with Crippen LogP contribution in [0.5, 0.6) is 0 Å². The molecule has 2 amide bonds. The Labute approximate surface area is 216 Å². The molecule has 4 aromatic rings. The first kappa shape index (κ1) is 24.7. The maximum Gasteiger partial charge on any atom is 0.247 e. The van der Waals surface area contributed by atoms with E-state index >= 15 is 0 Å². The van der Waals surface area contributed by atoms with Gasteiger partial charge in [-0.05, 0) is 47.4 Å². The summed E-state index contributed by atoms with van der Waals surface area (Å²) in [5, 5.41) is 22.5. The largest absolute Gasteiger partial charge is 0.394 e. The number of rotatable bonds is 9. The molecule has 0 saturated carbocycles. The highest BCUT2D eigenvalue weighted by atomic mass is 16.3. The number of aliphatic hydroxyl groups excluding tert-OH is 1. The van der Waals surface area contributed by atoms with Gasteiger partial charge in [-0.3, -0.25) is 9.59 Å². The molecule has 2 heterocycles. The third-order valence-electron chi connectivity index (χ3n) is 6.94. The second-order valence-corrected chi connectivity index (χ2v) is 9.55. The van der Waals surface area contributed by atoms with Crippen LogP contribution in [-0.4, -0.2) is 53.7 Å². The van der Waals surface area contributed by atoms with E-state index in [0.29, 0.717) is 31.4 Å². The zero-order chi connectivity index (χ0) is 25.6. The van der Waals surface area contributed by atoms with E-state index < -0.39 is 12.1 Å². The van der Waals surface area contributed by atoms with Gasteiger partial charge in [0.1, 0.15) is 6.04 Å². The van der Waals surface area contributed by atoms with Gasteiger partial charge < -0.3 is 26.0 Å². The number of H-pyrrole nitrogens is 1. The normalized spacial score (nSPS) is 15.2.